The lowest BCUT2D eigenvalue weighted by atomic mass is 10.0. The van der Waals surface area contributed by atoms with Gasteiger partial charge in [0.25, 0.3) is 0 Å². The average Bonchev–Trinajstić information content (AvgIpc) is 3.45. The number of carbonyl (C=O) groups is 1. The Hall–Kier alpha value is -2.34. The number of likely N-dealkylation sites (tertiary alicyclic amines) is 1. The maximum Gasteiger partial charge on any atom is 0.231 e. The second-order valence-electron chi connectivity index (χ2n) is 7.91. The Labute approximate surface area is 184 Å². The Bertz CT molecular complexity index is 886. The summed E-state index contributed by atoms with van der Waals surface area (Å²) in [5.74, 6) is 1.87. The van der Waals surface area contributed by atoms with Crippen LogP contribution in [0.15, 0.2) is 42.5 Å². The molecular weight excluding hydrogens is 415 g/mol. The van der Waals surface area contributed by atoms with Crippen LogP contribution >= 0.6 is 9.24 Å². The quantitative estimate of drug-likeness (QED) is 0.576. The van der Waals surface area contributed by atoms with Gasteiger partial charge in [0.2, 0.25) is 12.7 Å². The first-order chi connectivity index (χ1) is 15.1. The summed E-state index contributed by atoms with van der Waals surface area (Å²) in [5.41, 5.74) is 0.697. The minimum absolute atomic E-state index is 0.147. The van der Waals surface area contributed by atoms with E-state index in [1.54, 1.807) is 12.1 Å². The smallest absolute Gasteiger partial charge is 0.231 e. The van der Waals surface area contributed by atoms with Gasteiger partial charge in [-0.25, -0.2) is 0 Å². The number of rotatable bonds is 9. The van der Waals surface area contributed by atoms with E-state index in [9.17, 15) is 9.90 Å². The molecule has 1 fully saturated rings. The van der Waals surface area contributed by atoms with Crippen LogP contribution in [-0.2, 0) is 4.79 Å². The van der Waals surface area contributed by atoms with Gasteiger partial charge in [-0.3, -0.25) is 4.79 Å². The fourth-order valence-electron chi connectivity index (χ4n) is 3.90. The first kappa shape index (κ1) is 21.9. The van der Waals surface area contributed by atoms with Crippen LogP contribution in [0.2, 0.25) is 0 Å². The molecule has 0 spiro atoms. The minimum atomic E-state index is -0.852. The van der Waals surface area contributed by atoms with Crippen LogP contribution in [0.5, 0.6) is 17.2 Å². The van der Waals surface area contributed by atoms with Gasteiger partial charge in [-0.2, -0.15) is 0 Å². The number of fused-ring (bicyclic) bond motifs is 1. The lowest BCUT2D eigenvalue weighted by Crippen LogP contribution is -2.47. The predicted molar refractivity (Wildman–Crippen MR) is 121 cm³/mol. The van der Waals surface area contributed by atoms with Crippen LogP contribution in [0.1, 0.15) is 30.9 Å². The molecule has 31 heavy (non-hydrogen) atoms. The Kier molecular flexibility index (Phi) is 7.28. The molecule has 0 radical (unpaired) electrons. The number of benzene rings is 2. The van der Waals surface area contributed by atoms with E-state index in [4.69, 9.17) is 14.2 Å². The van der Waals surface area contributed by atoms with E-state index in [0.29, 0.717) is 23.6 Å². The molecule has 2 aromatic rings. The highest BCUT2D eigenvalue weighted by Gasteiger charge is 2.28. The molecule has 0 bridgehead atoms. The first-order valence-electron chi connectivity index (χ1n) is 10.7. The number of aliphatic hydroxyl groups is 1. The van der Waals surface area contributed by atoms with Crippen LogP contribution in [0, 0.1) is 0 Å². The van der Waals surface area contributed by atoms with Crippen LogP contribution in [-0.4, -0.2) is 55.0 Å². The Balaban J connectivity index is 1.36. The zero-order valence-corrected chi connectivity index (χ0v) is 18.6. The van der Waals surface area contributed by atoms with Crippen molar-refractivity contribution < 1.29 is 24.1 Å². The second kappa shape index (κ2) is 10.3. The first-order valence-corrected chi connectivity index (χ1v) is 11.2. The van der Waals surface area contributed by atoms with Gasteiger partial charge in [-0.15, -0.1) is 9.24 Å². The highest BCUT2D eigenvalue weighted by Crippen LogP contribution is 2.35. The molecule has 166 valence electrons. The maximum absolute atomic E-state index is 12.6. The van der Waals surface area contributed by atoms with Gasteiger partial charge in [-0.05, 0) is 61.1 Å². The van der Waals surface area contributed by atoms with Crippen molar-refractivity contribution in [1.82, 2.24) is 10.2 Å². The zero-order chi connectivity index (χ0) is 21.6. The molecule has 3 atom stereocenters. The maximum atomic E-state index is 12.6. The number of ether oxygens (including phenoxy) is 3. The summed E-state index contributed by atoms with van der Waals surface area (Å²) in [4.78, 5) is 14.9. The monoisotopic (exact) mass is 444 g/mol. The molecule has 4 rings (SSSR count). The predicted octanol–water partition coefficient (Wildman–Crippen LogP) is 2.00. The van der Waals surface area contributed by atoms with Gasteiger partial charge in [-0.1, -0.05) is 18.2 Å². The highest BCUT2D eigenvalue weighted by molar-refractivity contribution is 7.27. The van der Waals surface area contributed by atoms with Crippen LogP contribution < -0.4 is 24.8 Å². The van der Waals surface area contributed by atoms with Crippen LogP contribution in [0.3, 0.4) is 0 Å². The second-order valence-corrected chi connectivity index (χ2v) is 8.57. The van der Waals surface area contributed by atoms with E-state index in [0.717, 1.165) is 37.0 Å². The molecule has 0 aromatic heterocycles. The Morgan fingerprint density at radius 1 is 1.13 bits per heavy atom. The summed E-state index contributed by atoms with van der Waals surface area (Å²) in [6.45, 7) is 3.02. The van der Waals surface area contributed by atoms with Gasteiger partial charge in [0.1, 0.15) is 11.9 Å². The van der Waals surface area contributed by atoms with E-state index in [-0.39, 0.29) is 25.7 Å². The average molecular weight is 444 g/mol. The van der Waals surface area contributed by atoms with Crippen LogP contribution in [0.25, 0.3) is 0 Å². The van der Waals surface area contributed by atoms with E-state index in [1.165, 1.54) is 0 Å². The molecule has 2 N–H and O–H groups in total. The van der Waals surface area contributed by atoms with Crippen LogP contribution in [0.4, 0.5) is 0 Å². The summed E-state index contributed by atoms with van der Waals surface area (Å²) >= 11 is 0. The van der Waals surface area contributed by atoms with Gasteiger partial charge >= 0.3 is 0 Å². The molecule has 8 heteroatoms. The van der Waals surface area contributed by atoms with Crippen molar-refractivity contribution in [3.63, 3.8) is 0 Å². The van der Waals surface area contributed by atoms with E-state index >= 15 is 0 Å². The molecule has 1 amide bonds. The third-order valence-corrected chi connectivity index (χ3v) is 5.98. The molecule has 2 aromatic carbocycles. The molecule has 0 saturated carbocycles. The largest absolute Gasteiger partial charge is 0.493 e. The fourth-order valence-corrected chi connectivity index (χ4v) is 4.09. The lowest BCUT2D eigenvalue weighted by molar-refractivity contribution is -0.123. The van der Waals surface area contributed by atoms with Crippen molar-refractivity contribution in [3.8, 4) is 17.2 Å². The summed E-state index contributed by atoms with van der Waals surface area (Å²) < 4.78 is 16.5. The summed E-state index contributed by atoms with van der Waals surface area (Å²) in [6, 6.07) is 12.6. The molecule has 1 saturated heterocycles. The summed E-state index contributed by atoms with van der Waals surface area (Å²) in [6.07, 6.45) is 1.65. The highest BCUT2D eigenvalue weighted by atomic mass is 31.0. The molecule has 0 aliphatic carbocycles. The Morgan fingerprint density at radius 2 is 1.87 bits per heavy atom. The summed E-state index contributed by atoms with van der Waals surface area (Å²) in [5, 5.41) is 15.2. The minimum Gasteiger partial charge on any atom is -0.493 e. The number of hydrogen-bond donors (Lipinski definition) is 2. The number of nitrogens with zero attached hydrogens (tertiary/aromatic N) is 1. The number of aliphatic hydroxyl groups excluding tert-OH is 1. The van der Waals surface area contributed by atoms with Crippen molar-refractivity contribution in [2.24, 2.45) is 0 Å². The molecular formula is C23H29N2O5P. The molecule has 2 aliphatic rings. The summed E-state index contributed by atoms with van der Waals surface area (Å²) in [7, 11) is 2.63. The molecule has 2 aliphatic heterocycles. The van der Waals surface area contributed by atoms with Crippen molar-refractivity contribution in [3.05, 3.63) is 48.0 Å². The fraction of sp³-hybridized carbons (Fsp3) is 0.435. The lowest BCUT2D eigenvalue weighted by Gasteiger charge is -2.29. The third kappa shape index (κ3) is 5.88. The zero-order valence-electron chi connectivity index (χ0n) is 17.5. The van der Waals surface area contributed by atoms with Crippen molar-refractivity contribution in [1.29, 1.82) is 0 Å². The topological polar surface area (TPSA) is 80.3 Å². The van der Waals surface area contributed by atoms with Gasteiger partial charge in [0.05, 0.1) is 19.1 Å². The van der Waals surface area contributed by atoms with E-state index < -0.39 is 12.1 Å². The Morgan fingerprint density at radius 3 is 2.65 bits per heavy atom. The number of hydrogen-bond acceptors (Lipinski definition) is 6. The third-order valence-electron chi connectivity index (χ3n) is 5.60. The molecule has 2 heterocycles. The number of nitrogens with one attached hydrogen (secondary N) is 1. The van der Waals surface area contributed by atoms with Gasteiger partial charge < -0.3 is 29.5 Å². The normalized spacial score (nSPS) is 17.4. The van der Waals surface area contributed by atoms with Crippen molar-refractivity contribution >= 4 is 20.5 Å². The van der Waals surface area contributed by atoms with E-state index in [2.05, 4.69) is 19.5 Å². The van der Waals surface area contributed by atoms with Gasteiger partial charge in [0.15, 0.2) is 11.5 Å². The molecule has 3 unspecified atom stereocenters. The number of carbonyl (C=O) groups excluding carboxylic acids is 1. The number of amides is 1. The van der Waals surface area contributed by atoms with Crippen molar-refractivity contribution in [2.45, 2.75) is 31.4 Å². The molecule has 7 nitrogen and oxygen atoms in total. The SMILES string of the molecule is O=C(CCOc1ccc(P)cc1)NC(CN1CCCC1)C(O)c1ccc2c(c1)OCO2. The standard InChI is InChI=1S/C23H29N2O5P/c26-22(9-12-28-17-4-6-18(31)7-5-17)24-19(14-25-10-1-2-11-25)23(27)16-3-8-20-21(13-16)30-15-29-20/h3-8,13,19,23,27H,1-2,9-12,14-15,31H2,(H,24,26). The van der Waals surface area contributed by atoms with E-state index in [1.807, 2.05) is 30.3 Å². The van der Waals surface area contributed by atoms with Crippen molar-refractivity contribution in [2.75, 3.05) is 33.0 Å². The van der Waals surface area contributed by atoms with Gasteiger partial charge in [0, 0.05) is 6.54 Å².